The first kappa shape index (κ1) is 11.6. The van der Waals surface area contributed by atoms with Gasteiger partial charge in [-0.25, -0.2) is 9.67 Å². The van der Waals surface area contributed by atoms with Crippen LogP contribution in [0, 0.1) is 0 Å². The Morgan fingerprint density at radius 3 is 2.44 bits per heavy atom. The third-order valence-corrected chi connectivity index (χ3v) is 3.47. The zero-order chi connectivity index (χ0) is 11.5. The average molecular weight is 222 g/mol. The Morgan fingerprint density at radius 1 is 1.19 bits per heavy atom. The van der Waals surface area contributed by atoms with Crippen molar-refractivity contribution in [1.29, 1.82) is 0 Å². The molecule has 1 fully saturated rings. The summed E-state index contributed by atoms with van der Waals surface area (Å²) in [6.45, 7) is 4.25. The zero-order valence-corrected chi connectivity index (χ0v) is 10.3. The molecular weight excluding hydrogens is 200 g/mol. The third-order valence-electron chi connectivity index (χ3n) is 3.47. The van der Waals surface area contributed by atoms with Crippen LogP contribution in [0.1, 0.15) is 57.2 Å². The summed E-state index contributed by atoms with van der Waals surface area (Å²) in [5.74, 6) is 2.11. The number of hydrogen-bond acceptors (Lipinski definition) is 3. The van der Waals surface area contributed by atoms with Crippen LogP contribution < -0.4 is 5.73 Å². The van der Waals surface area contributed by atoms with Crippen molar-refractivity contribution in [2.75, 3.05) is 0 Å². The molecule has 0 aromatic carbocycles. The van der Waals surface area contributed by atoms with Crippen molar-refractivity contribution in [1.82, 2.24) is 14.8 Å². The molecule has 1 aromatic rings. The van der Waals surface area contributed by atoms with E-state index in [4.69, 9.17) is 5.73 Å². The van der Waals surface area contributed by atoms with E-state index in [9.17, 15) is 0 Å². The topological polar surface area (TPSA) is 56.7 Å². The first-order valence-electron chi connectivity index (χ1n) is 6.44. The van der Waals surface area contributed by atoms with Crippen LogP contribution in [0.15, 0.2) is 0 Å². The molecule has 1 aliphatic carbocycles. The van der Waals surface area contributed by atoms with Gasteiger partial charge in [0.05, 0.1) is 6.04 Å². The summed E-state index contributed by atoms with van der Waals surface area (Å²) in [4.78, 5) is 4.56. The van der Waals surface area contributed by atoms with Crippen LogP contribution in [0.2, 0.25) is 0 Å². The van der Waals surface area contributed by atoms with Gasteiger partial charge in [0.1, 0.15) is 5.82 Å². The summed E-state index contributed by atoms with van der Waals surface area (Å²) < 4.78 is 2.16. The highest BCUT2D eigenvalue weighted by Gasteiger charge is 2.23. The number of aryl methyl sites for hydroxylation is 2. The van der Waals surface area contributed by atoms with Gasteiger partial charge in [-0.3, -0.25) is 0 Å². The second-order valence-electron chi connectivity index (χ2n) is 4.66. The van der Waals surface area contributed by atoms with E-state index in [0.29, 0.717) is 12.1 Å². The highest BCUT2D eigenvalue weighted by atomic mass is 15.4. The highest BCUT2D eigenvalue weighted by molar-refractivity contribution is 4.96. The summed E-state index contributed by atoms with van der Waals surface area (Å²) in [5, 5.41) is 4.61. The quantitative estimate of drug-likeness (QED) is 0.849. The van der Waals surface area contributed by atoms with Crippen molar-refractivity contribution in [3.63, 3.8) is 0 Å². The molecule has 0 aliphatic heterocycles. The lowest BCUT2D eigenvalue weighted by molar-refractivity contribution is 0.297. The zero-order valence-electron chi connectivity index (χ0n) is 10.3. The van der Waals surface area contributed by atoms with Crippen LogP contribution in [0.5, 0.6) is 0 Å². The van der Waals surface area contributed by atoms with Crippen LogP contribution in [0.4, 0.5) is 0 Å². The lowest BCUT2D eigenvalue weighted by atomic mass is 9.92. The SMILES string of the molecule is CCc1nc(CC)n(C2CCC(N)CC2)n1. The molecule has 16 heavy (non-hydrogen) atoms. The van der Waals surface area contributed by atoms with E-state index in [1.165, 1.54) is 0 Å². The maximum absolute atomic E-state index is 5.93. The largest absolute Gasteiger partial charge is 0.328 e. The summed E-state index contributed by atoms with van der Waals surface area (Å²) in [7, 11) is 0. The van der Waals surface area contributed by atoms with Gasteiger partial charge in [0.25, 0.3) is 0 Å². The van der Waals surface area contributed by atoms with Crippen molar-refractivity contribution in [3.05, 3.63) is 11.6 Å². The number of nitrogens with zero attached hydrogens (tertiary/aromatic N) is 3. The Hall–Kier alpha value is -0.900. The molecule has 0 spiro atoms. The monoisotopic (exact) mass is 222 g/mol. The first-order valence-corrected chi connectivity index (χ1v) is 6.44. The molecule has 0 saturated heterocycles. The molecule has 0 atom stereocenters. The predicted molar refractivity (Wildman–Crippen MR) is 64.3 cm³/mol. The minimum Gasteiger partial charge on any atom is -0.328 e. The fourth-order valence-corrected chi connectivity index (χ4v) is 2.43. The Balaban J connectivity index is 2.15. The Bertz CT molecular complexity index is 337. The molecule has 0 bridgehead atoms. The lowest BCUT2D eigenvalue weighted by Crippen LogP contribution is -2.28. The molecule has 4 heteroatoms. The number of rotatable bonds is 3. The Kier molecular flexibility index (Phi) is 3.59. The molecule has 2 N–H and O–H groups in total. The van der Waals surface area contributed by atoms with Gasteiger partial charge in [0.15, 0.2) is 5.82 Å². The Labute approximate surface area is 97.2 Å². The minimum atomic E-state index is 0.399. The molecule has 1 saturated carbocycles. The number of hydrogen-bond donors (Lipinski definition) is 1. The second-order valence-corrected chi connectivity index (χ2v) is 4.66. The van der Waals surface area contributed by atoms with E-state index < -0.39 is 0 Å². The minimum absolute atomic E-state index is 0.399. The second kappa shape index (κ2) is 4.95. The molecule has 4 nitrogen and oxygen atoms in total. The van der Waals surface area contributed by atoms with Crippen LogP contribution in [-0.2, 0) is 12.8 Å². The normalized spacial score (nSPS) is 25.9. The van der Waals surface area contributed by atoms with Crippen LogP contribution in [0.25, 0.3) is 0 Å². The van der Waals surface area contributed by atoms with Gasteiger partial charge in [-0.15, -0.1) is 0 Å². The average Bonchev–Trinajstić information content (AvgIpc) is 2.73. The molecule has 1 heterocycles. The fraction of sp³-hybridized carbons (Fsp3) is 0.833. The van der Waals surface area contributed by atoms with Crippen LogP contribution in [-0.4, -0.2) is 20.8 Å². The van der Waals surface area contributed by atoms with Crippen molar-refractivity contribution in [2.45, 2.75) is 64.5 Å². The summed E-state index contributed by atoms with van der Waals surface area (Å²) >= 11 is 0. The van der Waals surface area contributed by atoms with Gasteiger partial charge in [-0.2, -0.15) is 5.10 Å². The highest BCUT2D eigenvalue weighted by Crippen LogP contribution is 2.28. The van der Waals surface area contributed by atoms with Crippen molar-refractivity contribution in [2.24, 2.45) is 5.73 Å². The first-order chi connectivity index (χ1) is 7.74. The van der Waals surface area contributed by atoms with Gasteiger partial charge < -0.3 is 5.73 Å². The standard InChI is InChI=1S/C12H22N4/c1-3-11-14-12(4-2)16(15-11)10-7-5-9(13)6-8-10/h9-10H,3-8,13H2,1-2H3. The van der Waals surface area contributed by atoms with Crippen molar-refractivity contribution < 1.29 is 0 Å². The van der Waals surface area contributed by atoms with Gasteiger partial charge in [-0.1, -0.05) is 13.8 Å². The van der Waals surface area contributed by atoms with Gasteiger partial charge in [0, 0.05) is 18.9 Å². The van der Waals surface area contributed by atoms with E-state index in [2.05, 4.69) is 28.6 Å². The molecule has 0 radical (unpaired) electrons. The molecule has 0 amide bonds. The fourth-order valence-electron chi connectivity index (χ4n) is 2.43. The predicted octanol–water partition coefficient (Wildman–Crippen LogP) is 1.85. The molecule has 0 unspecified atom stereocenters. The van der Waals surface area contributed by atoms with Crippen molar-refractivity contribution in [3.8, 4) is 0 Å². The smallest absolute Gasteiger partial charge is 0.150 e. The Morgan fingerprint density at radius 2 is 1.88 bits per heavy atom. The van der Waals surface area contributed by atoms with E-state index >= 15 is 0 Å². The van der Waals surface area contributed by atoms with Crippen molar-refractivity contribution >= 4 is 0 Å². The molecular formula is C12H22N4. The van der Waals surface area contributed by atoms with E-state index in [1.807, 2.05) is 0 Å². The molecule has 2 rings (SSSR count). The van der Waals surface area contributed by atoms with Crippen LogP contribution >= 0.6 is 0 Å². The van der Waals surface area contributed by atoms with Gasteiger partial charge in [-0.05, 0) is 25.7 Å². The van der Waals surface area contributed by atoms with Gasteiger partial charge in [0.2, 0.25) is 0 Å². The lowest BCUT2D eigenvalue weighted by Gasteiger charge is -2.26. The van der Waals surface area contributed by atoms with E-state index in [1.54, 1.807) is 0 Å². The molecule has 90 valence electrons. The maximum Gasteiger partial charge on any atom is 0.150 e. The van der Waals surface area contributed by atoms with Crippen LogP contribution in [0.3, 0.4) is 0 Å². The summed E-state index contributed by atoms with van der Waals surface area (Å²) in [5.41, 5.74) is 5.93. The maximum atomic E-state index is 5.93. The third kappa shape index (κ3) is 2.26. The summed E-state index contributed by atoms with van der Waals surface area (Å²) in [6, 6.07) is 0.929. The van der Waals surface area contributed by atoms with E-state index in [-0.39, 0.29) is 0 Å². The van der Waals surface area contributed by atoms with Gasteiger partial charge >= 0.3 is 0 Å². The number of aromatic nitrogens is 3. The summed E-state index contributed by atoms with van der Waals surface area (Å²) in [6.07, 6.45) is 6.44. The number of nitrogens with two attached hydrogens (primary N) is 1. The van der Waals surface area contributed by atoms with E-state index in [0.717, 1.165) is 50.2 Å². The molecule has 1 aliphatic rings. The molecule has 1 aromatic heterocycles.